The maximum absolute atomic E-state index is 13.2. The molecule has 1 aromatic carbocycles. The summed E-state index contributed by atoms with van der Waals surface area (Å²) in [6.45, 7) is 2.96. The SMILES string of the molecule is COc1ccc(C2=C(C(=O)NCCCc3cncc(F)c3)CNC=C2)cc1C. The molecule has 0 atom stereocenters. The highest BCUT2D eigenvalue weighted by atomic mass is 19.1. The first kappa shape index (κ1) is 19.6. The topological polar surface area (TPSA) is 63.2 Å². The van der Waals surface area contributed by atoms with E-state index in [9.17, 15) is 9.18 Å². The molecule has 0 saturated carbocycles. The normalized spacial score (nSPS) is 13.2. The number of allylic oxidation sites excluding steroid dienone is 2. The van der Waals surface area contributed by atoms with E-state index in [4.69, 9.17) is 4.74 Å². The van der Waals surface area contributed by atoms with Gasteiger partial charge in [-0.15, -0.1) is 0 Å². The predicted octanol–water partition coefficient (Wildman–Crippen LogP) is 3.16. The minimum atomic E-state index is -0.341. The van der Waals surface area contributed by atoms with E-state index in [2.05, 4.69) is 15.6 Å². The van der Waals surface area contributed by atoms with Crippen molar-refractivity contribution < 1.29 is 13.9 Å². The molecule has 0 spiro atoms. The van der Waals surface area contributed by atoms with Crippen LogP contribution in [-0.2, 0) is 11.2 Å². The number of amides is 1. The van der Waals surface area contributed by atoms with Crippen LogP contribution in [0, 0.1) is 12.7 Å². The standard InChI is InChI=1S/C22H24FN3O2/c1-15-10-17(5-6-21(15)28-2)19-7-9-24-14-20(19)22(27)26-8-3-4-16-11-18(23)13-25-12-16/h5-7,9-13,24H,3-4,8,14H2,1-2H3,(H,26,27). The van der Waals surface area contributed by atoms with Gasteiger partial charge in [0.1, 0.15) is 11.6 Å². The maximum Gasteiger partial charge on any atom is 0.249 e. The van der Waals surface area contributed by atoms with Crippen molar-refractivity contribution in [2.24, 2.45) is 0 Å². The quantitative estimate of drug-likeness (QED) is 0.724. The zero-order valence-electron chi connectivity index (χ0n) is 16.1. The van der Waals surface area contributed by atoms with Gasteiger partial charge in [0.25, 0.3) is 0 Å². The van der Waals surface area contributed by atoms with Crippen LogP contribution >= 0.6 is 0 Å². The van der Waals surface area contributed by atoms with Crippen molar-refractivity contribution in [3.8, 4) is 5.75 Å². The number of dihydropyridines is 1. The second-order valence-electron chi connectivity index (χ2n) is 6.66. The van der Waals surface area contributed by atoms with Crippen LogP contribution in [0.25, 0.3) is 5.57 Å². The average Bonchev–Trinajstić information content (AvgIpc) is 2.71. The molecular formula is C22H24FN3O2. The number of pyridine rings is 1. The number of hydrogen-bond donors (Lipinski definition) is 2. The van der Waals surface area contributed by atoms with Crippen LogP contribution in [0.1, 0.15) is 23.1 Å². The maximum atomic E-state index is 13.2. The Kier molecular flexibility index (Phi) is 6.42. The molecule has 1 aromatic heterocycles. The molecule has 1 aliphatic heterocycles. The smallest absolute Gasteiger partial charge is 0.249 e. The highest BCUT2D eigenvalue weighted by molar-refractivity contribution is 6.04. The first-order chi connectivity index (χ1) is 13.6. The molecule has 2 aromatic rings. The van der Waals surface area contributed by atoms with E-state index >= 15 is 0 Å². The molecule has 28 heavy (non-hydrogen) atoms. The van der Waals surface area contributed by atoms with Crippen molar-refractivity contribution >= 4 is 11.5 Å². The summed E-state index contributed by atoms with van der Waals surface area (Å²) in [5, 5.41) is 6.07. The molecule has 0 bridgehead atoms. The van der Waals surface area contributed by atoms with Crippen molar-refractivity contribution in [2.45, 2.75) is 19.8 Å². The van der Waals surface area contributed by atoms with Crippen LogP contribution in [0.2, 0.25) is 0 Å². The Morgan fingerprint density at radius 3 is 2.93 bits per heavy atom. The summed E-state index contributed by atoms with van der Waals surface area (Å²) in [7, 11) is 1.64. The lowest BCUT2D eigenvalue weighted by Crippen LogP contribution is -2.32. The molecule has 6 heteroatoms. The first-order valence-electron chi connectivity index (χ1n) is 9.24. The number of benzene rings is 1. The van der Waals surface area contributed by atoms with E-state index in [0.29, 0.717) is 31.5 Å². The Hall–Kier alpha value is -3.15. The van der Waals surface area contributed by atoms with Crippen molar-refractivity contribution in [3.63, 3.8) is 0 Å². The number of carbonyl (C=O) groups is 1. The molecule has 0 fully saturated rings. The zero-order valence-corrected chi connectivity index (χ0v) is 16.1. The number of ether oxygens (including phenoxy) is 1. The fourth-order valence-electron chi connectivity index (χ4n) is 3.21. The lowest BCUT2D eigenvalue weighted by Gasteiger charge is -2.18. The summed E-state index contributed by atoms with van der Waals surface area (Å²) in [6.07, 6.45) is 7.97. The van der Waals surface area contributed by atoms with E-state index in [0.717, 1.165) is 28.0 Å². The highest BCUT2D eigenvalue weighted by Gasteiger charge is 2.17. The third kappa shape index (κ3) is 4.76. The average molecular weight is 381 g/mol. The van der Waals surface area contributed by atoms with Crippen molar-refractivity contribution in [1.29, 1.82) is 0 Å². The number of nitrogens with one attached hydrogen (secondary N) is 2. The van der Waals surface area contributed by atoms with Gasteiger partial charge in [0.15, 0.2) is 0 Å². The van der Waals surface area contributed by atoms with Crippen molar-refractivity contribution in [2.75, 3.05) is 20.2 Å². The number of nitrogens with zero attached hydrogens (tertiary/aromatic N) is 1. The summed E-state index contributed by atoms with van der Waals surface area (Å²) in [6, 6.07) is 7.36. The van der Waals surface area contributed by atoms with Gasteiger partial charge in [-0.25, -0.2) is 4.39 Å². The Balaban J connectivity index is 1.66. The summed E-state index contributed by atoms with van der Waals surface area (Å²) in [4.78, 5) is 16.6. The van der Waals surface area contributed by atoms with Gasteiger partial charge in [0.2, 0.25) is 5.91 Å². The molecule has 146 valence electrons. The van der Waals surface area contributed by atoms with E-state index < -0.39 is 0 Å². The van der Waals surface area contributed by atoms with Crippen LogP contribution in [0.15, 0.2) is 54.5 Å². The molecule has 1 amide bonds. The summed E-state index contributed by atoms with van der Waals surface area (Å²) in [5.41, 5.74) is 4.41. The van der Waals surface area contributed by atoms with Gasteiger partial charge in [-0.3, -0.25) is 9.78 Å². The van der Waals surface area contributed by atoms with E-state index in [1.807, 2.05) is 37.4 Å². The largest absolute Gasteiger partial charge is 0.496 e. The monoisotopic (exact) mass is 381 g/mol. The van der Waals surface area contributed by atoms with Crippen LogP contribution in [0.4, 0.5) is 4.39 Å². The van der Waals surface area contributed by atoms with Crippen LogP contribution < -0.4 is 15.4 Å². The first-order valence-corrected chi connectivity index (χ1v) is 9.24. The Labute approximate surface area is 164 Å². The van der Waals surface area contributed by atoms with Crippen LogP contribution in [-0.4, -0.2) is 31.1 Å². The summed E-state index contributed by atoms with van der Waals surface area (Å²) in [5.74, 6) is 0.379. The number of carbonyl (C=O) groups excluding carboxylic acids is 1. The second kappa shape index (κ2) is 9.17. The minimum absolute atomic E-state index is 0.0994. The molecular weight excluding hydrogens is 357 g/mol. The van der Waals surface area contributed by atoms with E-state index in [-0.39, 0.29) is 11.7 Å². The van der Waals surface area contributed by atoms with Gasteiger partial charge >= 0.3 is 0 Å². The molecule has 0 aliphatic carbocycles. The van der Waals surface area contributed by atoms with Gasteiger partial charge in [-0.1, -0.05) is 6.07 Å². The number of methoxy groups -OCH3 is 1. The van der Waals surface area contributed by atoms with E-state index in [1.165, 1.54) is 12.3 Å². The summed E-state index contributed by atoms with van der Waals surface area (Å²) >= 11 is 0. The highest BCUT2D eigenvalue weighted by Crippen LogP contribution is 2.27. The molecule has 1 aliphatic rings. The Bertz CT molecular complexity index is 922. The van der Waals surface area contributed by atoms with Crippen molar-refractivity contribution in [1.82, 2.24) is 15.6 Å². The van der Waals surface area contributed by atoms with Gasteiger partial charge in [-0.05, 0) is 72.5 Å². The van der Waals surface area contributed by atoms with Gasteiger partial charge in [0.05, 0.1) is 13.3 Å². The number of hydrogen-bond acceptors (Lipinski definition) is 4. The summed E-state index contributed by atoms with van der Waals surface area (Å²) < 4.78 is 18.5. The molecule has 0 unspecified atom stereocenters. The van der Waals surface area contributed by atoms with Crippen LogP contribution in [0.3, 0.4) is 0 Å². The predicted molar refractivity (Wildman–Crippen MR) is 107 cm³/mol. The molecule has 2 heterocycles. The van der Waals surface area contributed by atoms with E-state index in [1.54, 1.807) is 13.3 Å². The molecule has 5 nitrogen and oxygen atoms in total. The van der Waals surface area contributed by atoms with Gasteiger partial charge in [-0.2, -0.15) is 0 Å². The fraction of sp³-hybridized carbons (Fsp3) is 0.273. The van der Waals surface area contributed by atoms with Crippen LogP contribution in [0.5, 0.6) is 5.75 Å². The number of halogens is 1. The number of rotatable bonds is 7. The molecule has 0 saturated heterocycles. The van der Waals surface area contributed by atoms with Gasteiger partial charge < -0.3 is 15.4 Å². The second-order valence-corrected chi connectivity index (χ2v) is 6.66. The number of aryl methyl sites for hydroxylation is 2. The molecule has 3 rings (SSSR count). The van der Waals surface area contributed by atoms with Gasteiger partial charge in [0, 0.05) is 24.9 Å². The number of aromatic nitrogens is 1. The molecule has 2 N–H and O–H groups in total. The third-order valence-electron chi connectivity index (χ3n) is 4.64. The van der Waals surface area contributed by atoms with Crippen molar-refractivity contribution in [3.05, 3.63) is 77.0 Å². The lowest BCUT2D eigenvalue weighted by atomic mass is 9.95. The Morgan fingerprint density at radius 2 is 2.18 bits per heavy atom. The fourth-order valence-corrected chi connectivity index (χ4v) is 3.21. The molecule has 0 radical (unpaired) electrons. The minimum Gasteiger partial charge on any atom is -0.496 e. The lowest BCUT2D eigenvalue weighted by molar-refractivity contribution is -0.117. The third-order valence-corrected chi connectivity index (χ3v) is 4.64. The Morgan fingerprint density at radius 1 is 1.32 bits per heavy atom. The zero-order chi connectivity index (χ0) is 19.9.